The number of nitrogens with one attached hydrogen (secondary N) is 1. The van der Waals surface area contributed by atoms with Crippen LogP contribution in [-0.2, 0) is 6.54 Å². The van der Waals surface area contributed by atoms with Crippen LogP contribution in [0.25, 0.3) is 0 Å². The lowest BCUT2D eigenvalue weighted by atomic mass is 10.00. The number of nitrogens with two attached hydrogens (primary N) is 2. The third kappa shape index (κ3) is 2.99. The normalized spacial score (nSPS) is 10.5. The van der Waals surface area contributed by atoms with Crippen LogP contribution in [0.4, 0.5) is 17.1 Å². The number of benzene rings is 2. The molecule has 0 saturated carbocycles. The molecule has 100 valence electrons. The Balaban J connectivity index is 2.16. The molecule has 19 heavy (non-hydrogen) atoms. The second kappa shape index (κ2) is 5.22. The molecule has 0 unspecified atom stereocenters. The maximum Gasteiger partial charge on any atom is 0.0568 e. The molecule has 0 aliphatic rings. The molecule has 0 radical (unpaired) electrons. The van der Waals surface area contributed by atoms with Crippen molar-refractivity contribution in [3.05, 3.63) is 52.6 Å². The van der Waals surface area contributed by atoms with Crippen molar-refractivity contribution in [3.63, 3.8) is 0 Å². The van der Waals surface area contributed by atoms with Crippen molar-refractivity contribution in [2.45, 2.75) is 27.3 Å². The van der Waals surface area contributed by atoms with E-state index in [1.807, 2.05) is 18.2 Å². The van der Waals surface area contributed by atoms with E-state index in [0.29, 0.717) is 11.4 Å². The van der Waals surface area contributed by atoms with Crippen molar-refractivity contribution in [2.24, 2.45) is 0 Å². The summed E-state index contributed by atoms with van der Waals surface area (Å²) in [4.78, 5) is 0. The molecule has 0 bridgehead atoms. The molecule has 2 aromatic rings. The van der Waals surface area contributed by atoms with Crippen LogP contribution in [-0.4, -0.2) is 0 Å². The van der Waals surface area contributed by atoms with Gasteiger partial charge in [-0.25, -0.2) is 0 Å². The topological polar surface area (TPSA) is 64.1 Å². The van der Waals surface area contributed by atoms with Crippen molar-refractivity contribution in [2.75, 3.05) is 16.8 Å². The van der Waals surface area contributed by atoms with Gasteiger partial charge in [0.1, 0.15) is 0 Å². The monoisotopic (exact) mass is 255 g/mol. The molecule has 0 saturated heterocycles. The standard InChI is InChI=1S/C16H21N3/c1-10-6-11(2)14(12(3)7-10)9-19-13-4-5-15(17)16(18)8-13/h4-8,19H,9,17-18H2,1-3H3. The Kier molecular flexibility index (Phi) is 3.65. The van der Waals surface area contributed by atoms with Gasteiger partial charge < -0.3 is 16.8 Å². The minimum atomic E-state index is 0.613. The fraction of sp³-hybridized carbons (Fsp3) is 0.250. The molecule has 0 fully saturated rings. The molecule has 2 aromatic carbocycles. The zero-order valence-electron chi connectivity index (χ0n) is 11.7. The van der Waals surface area contributed by atoms with Crippen molar-refractivity contribution >= 4 is 17.1 Å². The molecular formula is C16H21N3. The van der Waals surface area contributed by atoms with E-state index in [2.05, 4.69) is 38.2 Å². The van der Waals surface area contributed by atoms with Gasteiger partial charge in [0.05, 0.1) is 11.4 Å². The molecule has 0 amide bonds. The van der Waals surface area contributed by atoms with Crippen LogP contribution in [0.1, 0.15) is 22.3 Å². The fourth-order valence-corrected chi connectivity index (χ4v) is 2.36. The lowest BCUT2D eigenvalue weighted by Crippen LogP contribution is -2.05. The van der Waals surface area contributed by atoms with Gasteiger partial charge in [-0.15, -0.1) is 0 Å². The molecule has 0 atom stereocenters. The van der Waals surface area contributed by atoms with E-state index in [1.54, 1.807) is 0 Å². The summed E-state index contributed by atoms with van der Waals surface area (Å²) in [5.74, 6) is 0. The summed E-state index contributed by atoms with van der Waals surface area (Å²) < 4.78 is 0. The second-order valence-corrected chi connectivity index (χ2v) is 5.07. The molecule has 3 nitrogen and oxygen atoms in total. The Bertz CT molecular complexity index is 580. The minimum absolute atomic E-state index is 0.613. The first-order valence-corrected chi connectivity index (χ1v) is 6.43. The summed E-state index contributed by atoms with van der Waals surface area (Å²) in [6.07, 6.45) is 0. The van der Waals surface area contributed by atoms with Gasteiger partial charge in [-0.1, -0.05) is 17.7 Å². The summed E-state index contributed by atoms with van der Waals surface area (Å²) in [5, 5.41) is 3.39. The first-order chi connectivity index (χ1) is 8.97. The zero-order chi connectivity index (χ0) is 14.0. The maximum absolute atomic E-state index is 5.80. The molecule has 0 aliphatic heterocycles. The summed E-state index contributed by atoms with van der Waals surface area (Å²) in [6, 6.07) is 10.1. The van der Waals surface area contributed by atoms with Crippen LogP contribution >= 0.6 is 0 Å². The molecule has 0 heterocycles. The van der Waals surface area contributed by atoms with Crippen LogP contribution in [0.2, 0.25) is 0 Å². The predicted octanol–water partition coefficient (Wildman–Crippen LogP) is 3.39. The molecule has 0 aliphatic carbocycles. The van der Waals surface area contributed by atoms with Crippen LogP contribution in [0, 0.1) is 20.8 Å². The summed E-state index contributed by atoms with van der Waals surface area (Å²) >= 11 is 0. The third-order valence-corrected chi connectivity index (χ3v) is 3.40. The lowest BCUT2D eigenvalue weighted by Gasteiger charge is -2.14. The van der Waals surface area contributed by atoms with E-state index in [4.69, 9.17) is 11.5 Å². The molecular weight excluding hydrogens is 234 g/mol. The average Bonchev–Trinajstić information content (AvgIpc) is 2.32. The minimum Gasteiger partial charge on any atom is -0.397 e. The maximum atomic E-state index is 5.80. The number of aryl methyl sites for hydroxylation is 3. The Morgan fingerprint density at radius 3 is 2.11 bits per heavy atom. The Morgan fingerprint density at radius 2 is 1.53 bits per heavy atom. The number of hydrogen-bond acceptors (Lipinski definition) is 3. The highest BCUT2D eigenvalue weighted by atomic mass is 14.9. The van der Waals surface area contributed by atoms with Gasteiger partial charge >= 0.3 is 0 Å². The molecule has 3 heteroatoms. The Hall–Kier alpha value is -2.16. The molecule has 5 N–H and O–H groups in total. The van der Waals surface area contributed by atoms with Gasteiger partial charge in [0, 0.05) is 12.2 Å². The van der Waals surface area contributed by atoms with E-state index >= 15 is 0 Å². The van der Waals surface area contributed by atoms with E-state index in [-0.39, 0.29) is 0 Å². The first kappa shape index (κ1) is 13.3. The van der Waals surface area contributed by atoms with E-state index in [0.717, 1.165) is 12.2 Å². The van der Waals surface area contributed by atoms with E-state index < -0.39 is 0 Å². The highest BCUT2D eigenvalue weighted by Crippen LogP contribution is 2.22. The zero-order valence-corrected chi connectivity index (χ0v) is 11.7. The number of hydrogen-bond donors (Lipinski definition) is 3. The number of anilines is 3. The smallest absolute Gasteiger partial charge is 0.0568 e. The van der Waals surface area contributed by atoms with Crippen LogP contribution < -0.4 is 16.8 Å². The number of rotatable bonds is 3. The predicted molar refractivity (Wildman–Crippen MR) is 83.2 cm³/mol. The van der Waals surface area contributed by atoms with Gasteiger partial charge in [-0.3, -0.25) is 0 Å². The summed E-state index contributed by atoms with van der Waals surface area (Å²) in [5.41, 5.74) is 19.0. The summed E-state index contributed by atoms with van der Waals surface area (Å²) in [6.45, 7) is 7.21. The van der Waals surface area contributed by atoms with Gasteiger partial charge in [0.15, 0.2) is 0 Å². The Labute approximate surface area is 114 Å². The van der Waals surface area contributed by atoms with Gasteiger partial charge in [0.2, 0.25) is 0 Å². The number of nitrogen functional groups attached to an aromatic ring is 2. The largest absolute Gasteiger partial charge is 0.397 e. The quantitative estimate of drug-likeness (QED) is 0.737. The average molecular weight is 255 g/mol. The SMILES string of the molecule is Cc1cc(C)c(CNc2ccc(N)c(N)c2)c(C)c1. The van der Waals surface area contributed by atoms with Crippen molar-refractivity contribution in [1.29, 1.82) is 0 Å². The van der Waals surface area contributed by atoms with E-state index in [1.165, 1.54) is 22.3 Å². The Morgan fingerprint density at radius 1 is 0.895 bits per heavy atom. The van der Waals surface area contributed by atoms with Crippen LogP contribution in [0.3, 0.4) is 0 Å². The third-order valence-electron chi connectivity index (χ3n) is 3.40. The van der Waals surface area contributed by atoms with Crippen LogP contribution in [0.15, 0.2) is 30.3 Å². The molecule has 0 aromatic heterocycles. The molecule has 0 spiro atoms. The molecule has 2 rings (SSSR count). The second-order valence-electron chi connectivity index (χ2n) is 5.07. The van der Waals surface area contributed by atoms with E-state index in [9.17, 15) is 0 Å². The van der Waals surface area contributed by atoms with Gasteiger partial charge in [-0.05, 0) is 55.7 Å². The van der Waals surface area contributed by atoms with Gasteiger partial charge in [-0.2, -0.15) is 0 Å². The highest BCUT2D eigenvalue weighted by molar-refractivity contribution is 5.69. The van der Waals surface area contributed by atoms with Crippen molar-refractivity contribution in [3.8, 4) is 0 Å². The van der Waals surface area contributed by atoms with Crippen LogP contribution in [0.5, 0.6) is 0 Å². The lowest BCUT2D eigenvalue weighted by molar-refractivity contribution is 1.08. The summed E-state index contributed by atoms with van der Waals surface area (Å²) in [7, 11) is 0. The van der Waals surface area contributed by atoms with Crippen molar-refractivity contribution in [1.82, 2.24) is 0 Å². The fourth-order valence-electron chi connectivity index (χ4n) is 2.36. The van der Waals surface area contributed by atoms with Crippen molar-refractivity contribution < 1.29 is 0 Å². The highest BCUT2D eigenvalue weighted by Gasteiger charge is 2.04. The van der Waals surface area contributed by atoms with Gasteiger partial charge in [0.25, 0.3) is 0 Å². The first-order valence-electron chi connectivity index (χ1n) is 6.43.